The Morgan fingerprint density at radius 3 is 2.33 bits per heavy atom. The van der Waals surface area contributed by atoms with Gasteiger partial charge in [-0.05, 0) is 57.9 Å². The lowest BCUT2D eigenvalue weighted by atomic mass is 10.1. The van der Waals surface area contributed by atoms with E-state index < -0.39 is 23.6 Å². The summed E-state index contributed by atoms with van der Waals surface area (Å²) in [4.78, 5) is 36.4. The lowest BCUT2D eigenvalue weighted by molar-refractivity contribution is -0.134. The number of carbonyl (C=O) groups excluding carboxylic acids is 3. The number of nitrogens with one attached hydrogen (secondary N) is 1. The molecule has 1 amide bonds. The number of para-hydroxylation sites is 2. The zero-order valence-corrected chi connectivity index (χ0v) is 17.7. The smallest absolute Gasteiger partial charge is 0.412 e. The fourth-order valence-corrected chi connectivity index (χ4v) is 2.62. The number of hydrogen-bond acceptors (Lipinski definition) is 6. The topological polar surface area (TPSA) is 90.9 Å². The van der Waals surface area contributed by atoms with E-state index in [1.54, 1.807) is 64.1 Å². The maximum absolute atomic E-state index is 12.4. The van der Waals surface area contributed by atoms with E-state index in [0.29, 0.717) is 12.1 Å². The van der Waals surface area contributed by atoms with Gasteiger partial charge in [0.15, 0.2) is 0 Å². The summed E-state index contributed by atoms with van der Waals surface area (Å²) in [5, 5.41) is 2.70. The zero-order chi connectivity index (χ0) is 22.1. The van der Waals surface area contributed by atoms with Crippen LogP contribution in [-0.4, -0.2) is 30.2 Å². The molecule has 7 nitrogen and oxygen atoms in total. The molecule has 0 aliphatic rings. The molecule has 0 aliphatic carbocycles. The molecule has 2 aromatic carbocycles. The van der Waals surface area contributed by atoms with Crippen molar-refractivity contribution in [3.05, 3.63) is 59.7 Å². The van der Waals surface area contributed by atoms with Crippen molar-refractivity contribution in [1.82, 2.24) is 0 Å². The Balaban J connectivity index is 2.01. The van der Waals surface area contributed by atoms with E-state index >= 15 is 0 Å². The third-order valence-electron chi connectivity index (χ3n) is 3.86. The predicted octanol–water partition coefficient (Wildman–Crippen LogP) is 4.75. The number of anilines is 1. The molecule has 0 saturated heterocycles. The second kappa shape index (κ2) is 10.4. The SMILES string of the molecule is CCOC(=O)c1ccccc1OC(=O)CCc1ccccc1NC(=O)OC(C)(C)C. The molecular formula is C23H27NO6. The fraction of sp³-hybridized carbons (Fsp3) is 0.348. The average molecular weight is 413 g/mol. The van der Waals surface area contributed by atoms with Crippen molar-refractivity contribution in [3.8, 4) is 5.75 Å². The monoisotopic (exact) mass is 413 g/mol. The van der Waals surface area contributed by atoms with E-state index in [0.717, 1.165) is 5.56 Å². The molecule has 0 saturated carbocycles. The molecule has 0 unspecified atom stereocenters. The molecule has 0 radical (unpaired) electrons. The first kappa shape index (κ1) is 22.9. The molecule has 2 rings (SSSR count). The molecule has 1 N–H and O–H groups in total. The van der Waals surface area contributed by atoms with Crippen LogP contribution >= 0.6 is 0 Å². The lowest BCUT2D eigenvalue weighted by Crippen LogP contribution is -2.27. The van der Waals surface area contributed by atoms with Gasteiger partial charge in [-0.2, -0.15) is 0 Å². The maximum Gasteiger partial charge on any atom is 0.412 e. The summed E-state index contributed by atoms with van der Waals surface area (Å²) in [6.45, 7) is 7.27. The second-order valence-corrected chi connectivity index (χ2v) is 7.47. The van der Waals surface area contributed by atoms with Crippen molar-refractivity contribution in [3.63, 3.8) is 0 Å². The van der Waals surface area contributed by atoms with Crippen molar-refractivity contribution < 1.29 is 28.6 Å². The van der Waals surface area contributed by atoms with Crippen LogP contribution in [0.2, 0.25) is 0 Å². The van der Waals surface area contributed by atoms with E-state index in [1.807, 2.05) is 12.1 Å². The summed E-state index contributed by atoms with van der Waals surface area (Å²) in [7, 11) is 0. The molecule has 0 aromatic heterocycles. The highest BCUT2D eigenvalue weighted by molar-refractivity contribution is 5.93. The van der Waals surface area contributed by atoms with Crippen molar-refractivity contribution in [1.29, 1.82) is 0 Å². The minimum Gasteiger partial charge on any atom is -0.462 e. The summed E-state index contributed by atoms with van der Waals surface area (Å²) in [5.74, 6) is -0.896. The first-order valence-electron chi connectivity index (χ1n) is 9.74. The highest BCUT2D eigenvalue weighted by atomic mass is 16.6. The number of rotatable bonds is 7. The van der Waals surface area contributed by atoms with Gasteiger partial charge in [0.2, 0.25) is 0 Å². The first-order chi connectivity index (χ1) is 14.2. The molecule has 30 heavy (non-hydrogen) atoms. The van der Waals surface area contributed by atoms with Gasteiger partial charge in [-0.1, -0.05) is 30.3 Å². The molecule has 0 bridgehead atoms. The van der Waals surface area contributed by atoms with Crippen LogP contribution < -0.4 is 10.1 Å². The summed E-state index contributed by atoms with van der Waals surface area (Å²) < 4.78 is 15.6. The Labute approximate surface area is 176 Å². The van der Waals surface area contributed by atoms with Crippen molar-refractivity contribution in [2.24, 2.45) is 0 Å². The minimum atomic E-state index is -0.616. The molecule has 7 heteroatoms. The van der Waals surface area contributed by atoms with Crippen molar-refractivity contribution in [2.45, 2.75) is 46.1 Å². The molecule has 160 valence electrons. The Morgan fingerprint density at radius 2 is 1.63 bits per heavy atom. The number of amides is 1. The average Bonchev–Trinajstić information content (AvgIpc) is 2.66. The highest BCUT2D eigenvalue weighted by Gasteiger charge is 2.18. The number of ether oxygens (including phenoxy) is 3. The Morgan fingerprint density at radius 1 is 0.967 bits per heavy atom. The second-order valence-electron chi connectivity index (χ2n) is 7.47. The van der Waals surface area contributed by atoms with Crippen LogP contribution in [0.3, 0.4) is 0 Å². The van der Waals surface area contributed by atoms with Gasteiger partial charge in [-0.25, -0.2) is 9.59 Å². The largest absolute Gasteiger partial charge is 0.462 e. The summed E-state index contributed by atoms with van der Waals surface area (Å²) >= 11 is 0. The van der Waals surface area contributed by atoms with Crippen LogP contribution in [0, 0.1) is 0 Å². The van der Waals surface area contributed by atoms with Crippen molar-refractivity contribution in [2.75, 3.05) is 11.9 Å². The lowest BCUT2D eigenvalue weighted by Gasteiger charge is -2.20. The molecule has 2 aromatic rings. The van der Waals surface area contributed by atoms with Gasteiger partial charge in [-0.15, -0.1) is 0 Å². The van der Waals surface area contributed by atoms with E-state index in [9.17, 15) is 14.4 Å². The van der Waals surface area contributed by atoms with E-state index in [1.165, 1.54) is 0 Å². The van der Waals surface area contributed by atoms with Gasteiger partial charge in [-0.3, -0.25) is 10.1 Å². The molecular weight excluding hydrogens is 386 g/mol. The summed E-state index contributed by atoms with van der Waals surface area (Å²) in [6, 6.07) is 13.6. The summed E-state index contributed by atoms with van der Waals surface area (Å²) in [6.07, 6.45) is -0.169. The van der Waals surface area contributed by atoms with E-state index in [-0.39, 0.29) is 24.3 Å². The van der Waals surface area contributed by atoms with Crippen LogP contribution in [0.4, 0.5) is 10.5 Å². The van der Waals surface area contributed by atoms with Gasteiger partial charge < -0.3 is 14.2 Å². The third kappa shape index (κ3) is 7.24. The van der Waals surface area contributed by atoms with Gasteiger partial charge in [0, 0.05) is 5.69 Å². The maximum atomic E-state index is 12.4. The zero-order valence-electron chi connectivity index (χ0n) is 17.7. The minimum absolute atomic E-state index is 0.0597. The number of benzene rings is 2. The van der Waals surface area contributed by atoms with Crippen LogP contribution in [-0.2, 0) is 20.7 Å². The first-order valence-corrected chi connectivity index (χ1v) is 9.74. The molecule has 0 atom stereocenters. The number of aryl methyl sites for hydroxylation is 1. The molecule has 0 fully saturated rings. The number of hydrogen-bond donors (Lipinski definition) is 1. The Kier molecular flexibility index (Phi) is 7.98. The fourth-order valence-electron chi connectivity index (χ4n) is 2.62. The van der Waals surface area contributed by atoms with Gasteiger partial charge >= 0.3 is 18.0 Å². The van der Waals surface area contributed by atoms with Crippen LogP contribution in [0.25, 0.3) is 0 Å². The summed E-state index contributed by atoms with van der Waals surface area (Å²) in [5.41, 5.74) is 0.903. The molecule has 0 aliphatic heterocycles. The third-order valence-corrected chi connectivity index (χ3v) is 3.86. The van der Waals surface area contributed by atoms with Gasteiger partial charge in [0.25, 0.3) is 0 Å². The molecule has 0 spiro atoms. The van der Waals surface area contributed by atoms with Gasteiger partial charge in [0.1, 0.15) is 16.9 Å². The molecule has 0 heterocycles. The Bertz CT molecular complexity index is 901. The van der Waals surface area contributed by atoms with Crippen LogP contribution in [0.1, 0.15) is 50.0 Å². The van der Waals surface area contributed by atoms with Gasteiger partial charge in [0.05, 0.1) is 13.0 Å². The highest BCUT2D eigenvalue weighted by Crippen LogP contribution is 2.22. The standard InChI is InChI=1S/C23H27NO6/c1-5-28-21(26)17-11-7-9-13-19(17)29-20(25)15-14-16-10-6-8-12-18(16)24-22(27)30-23(2,3)4/h6-13H,5,14-15H2,1-4H3,(H,24,27). The number of carbonyl (C=O) groups is 3. The van der Waals surface area contributed by atoms with Crippen LogP contribution in [0.5, 0.6) is 5.75 Å². The van der Waals surface area contributed by atoms with E-state index in [4.69, 9.17) is 14.2 Å². The Hall–Kier alpha value is -3.35. The normalized spacial score (nSPS) is 10.8. The van der Waals surface area contributed by atoms with Crippen molar-refractivity contribution >= 4 is 23.7 Å². The van der Waals surface area contributed by atoms with Crippen LogP contribution in [0.15, 0.2) is 48.5 Å². The number of esters is 2. The quantitative estimate of drug-likeness (QED) is 0.520. The predicted molar refractivity (Wildman–Crippen MR) is 113 cm³/mol. The van der Waals surface area contributed by atoms with E-state index in [2.05, 4.69) is 5.32 Å².